The Bertz CT molecular complexity index is 1510. The molecular formula is C34H38N4O4. The van der Waals surface area contributed by atoms with Gasteiger partial charge in [0.05, 0.1) is 24.3 Å². The molecule has 0 aromatic heterocycles. The number of para-hydroxylation sites is 2. The van der Waals surface area contributed by atoms with Gasteiger partial charge in [0.15, 0.2) is 0 Å². The summed E-state index contributed by atoms with van der Waals surface area (Å²) in [6, 6.07) is 25.1. The van der Waals surface area contributed by atoms with Gasteiger partial charge in [0, 0.05) is 24.5 Å². The predicted molar refractivity (Wildman–Crippen MR) is 161 cm³/mol. The van der Waals surface area contributed by atoms with Gasteiger partial charge in [-0.1, -0.05) is 69.3 Å². The lowest BCUT2D eigenvalue weighted by atomic mass is 9.81. The Kier molecular flexibility index (Phi) is 6.51. The Labute approximate surface area is 246 Å². The van der Waals surface area contributed by atoms with Crippen LogP contribution in [0.2, 0.25) is 0 Å². The molecule has 4 aliphatic heterocycles. The minimum absolute atomic E-state index is 0.00213. The van der Waals surface area contributed by atoms with Gasteiger partial charge in [0.1, 0.15) is 12.3 Å². The fourth-order valence-corrected chi connectivity index (χ4v) is 7.57. The van der Waals surface area contributed by atoms with Gasteiger partial charge in [0.25, 0.3) is 0 Å². The lowest BCUT2D eigenvalue weighted by molar-refractivity contribution is -0.120. The van der Waals surface area contributed by atoms with E-state index in [1.54, 1.807) is 0 Å². The zero-order valence-corrected chi connectivity index (χ0v) is 24.3. The summed E-state index contributed by atoms with van der Waals surface area (Å²) in [6.45, 7) is 7.35. The summed E-state index contributed by atoms with van der Waals surface area (Å²) in [5.41, 5.74) is 4.47. The zero-order chi connectivity index (χ0) is 29.3. The third-order valence-electron chi connectivity index (χ3n) is 9.33. The van der Waals surface area contributed by atoms with Crippen LogP contribution in [0.5, 0.6) is 0 Å². The first kappa shape index (κ1) is 27.3. The second kappa shape index (κ2) is 10.0. The Morgan fingerprint density at radius 3 is 1.64 bits per heavy atom. The monoisotopic (exact) mass is 566 g/mol. The number of benzene rings is 3. The summed E-state index contributed by atoms with van der Waals surface area (Å²) in [5, 5.41) is 21.2. The van der Waals surface area contributed by atoms with Gasteiger partial charge in [-0.25, -0.2) is 0 Å². The molecule has 2 amide bonds. The van der Waals surface area contributed by atoms with Crippen LogP contribution in [0.25, 0.3) is 0 Å². The van der Waals surface area contributed by atoms with Gasteiger partial charge in [-0.2, -0.15) is 0 Å². The fraction of sp³-hybridized carbons (Fsp3) is 0.412. The van der Waals surface area contributed by atoms with Gasteiger partial charge in [-0.15, -0.1) is 0 Å². The Morgan fingerprint density at radius 2 is 1.14 bits per heavy atom. The highest BCUT2D eigenvalue weighted by molar-refractivity contribution is 6.01. The molecule has 0 aliphatic carbocycles. The normalized spacial score (nSPS) is 29.9. The average molecular weight is 567 g/mol. The van der Waals surface area contributed by atoms with E-state index in [0.717, 1.165) is 28.1 Å². The van der Waals surface area contributed by atoms with Crippen molar-refractivity contribution < 1.29 is 19.8 Å². The van der Waals surface area contributed by atoms with Crippen molar-refractivity contribution in [3.05, 3.63) is 95.6 Å². The Morgan fingerprint density at radius 1 is 0.667 bits per heavy atom. The molecule has 0 saturated carbocycles. The molecule has 6 atom stereocenters. The molecule has 4 fully saturated rings. The van der Waals surface area contributed by atoms with E-state index >= 15 is 0 Å². The maximum absolute atomic E-state index is 14.0. The molecule has 4 saturated heterocycles. The van der Waals surface area contributed by atoms with Gasteiger partial charge >= 0.3 is 0 Å². The molecule has 0 spiro atoms. The van der Waals surface area contributed by atoms with Crippen LogP contribution >= 0.6 is 0 Å². The number of nitrogens with zero attached hydrogens (tertiary/aromatic N) is 4. The van der Waals surface area contributed by atoms with Crippen LogP contribution in [-0.4, -0.2) is 69.2 Å². The quantitative estimate of drug-likeness (QED) is 0.498. The van der Waals surface area contributed by atoms with Gasteiger partial charge in [-0.3, -0.25) is 29.2 Å². The summed E-state index contributed by atoms with van der Waals surface area (Å²) < 4.78 is 0. The van der Waals surface area contributed by atoms with Crippen LogP contribution in [0.4, 0.5) is 11.4 Å². The molecule has 3 aromatic rings. The summed E-state index contributed by atoms with van der Waals surface area (Å²) in [6.07, 6.45) is -1.09. The van der Waals surface area contributed by atoms with E-state index in [2.05, 4.69) is 48.8 Å². The van der Waals surface area contributed by atoms with E-state index in [1.807, 2.05) is 70.5 Å². The summed E-state index contributed by atoms with van der Waals surface area (Å²) in [4.78, 5) is 35.8. The molecule has 7 rings (SSSR count). The molecule has 0 radical (unpaired) electrons. The molecule has 218 valence electrons. The molecule has 4 aliphatic rings. The highest BCUT2D eigenvalue weighted by Gasteiger charge is 2.54. The van der Waals surface area contributed by atoms with Crippen molar-refractivity contribution in [2.75, 3.05) is 22.9 Å². The third kappa shape index (κ3) is 4.28. The summed E-state index contributed by atoms with van der Waals surface area (Å²) >= 11 is 0. The van der Waals surface area contributed by atoms with Crippen molar-refractivity contribution in [3.63, 3.8) is 0 Å². The first-order valence-corrected chi connectivity index (χ1v) is 14.9. The number of carbonyl (C=O) groups is 2. The molecule has 2 N–H and O–H groups in total. The minimum atomic E-state index is -0.562. The van der Waals surface area contributed by atoms with Crippen molar-refractivity contribution >= 4 is 23.2 Å². The standard InChI is InChI=1S/C34H38N4O4/c1-34(2,3)27-15-14-21(30-35-19-24(39)17-28(35)32(41)37(30)22-10-6-4-7-11-22)16-26(27)31-36-20-25(40)18-29(36)33(42)38(31)23-12-8-5-9-13-23/h4-16,24-25,28-31,39-40H,17-20H2,1-3H3/t24-,25-,28+,29+,30-,31-/m1/s1. The molecule has 0 bridgehead atoms. The van der Waals surface area contributed by atoms with E-state index in [9.17, 15) is 19.8 Å². The van der Waals surface area contributed by atoms with Gasteiger partial charge in [0.2, 0.25) is 11.8 Å². The highest BCUT2D eigenvalue weighted by Crippen LogP contribution is 2.48. The van der Waals surface area contributed by atoms with Crippen molar-refractivity contribution in [3.8, 4) is 0 Å². The number of amides is 2. The first-order valence-electron chi connectivity index (χ1n) is 14.9. The van der Waals surface area contributed by atoms with Crippen LogP contribution in [0.3, 0.4) is 0 Å². The Hall–Kier alpha value is -3.56. The number of anilines is 2. The lowest BCUT2D eigenvalue weighted by Gasteiger charge is -2.36. The second-order valence-electron chi connectivity index (χ2n) is 13.1. The van der Waals surface area contributed by atoms with Crippen LogP contribution < -0.4 is 9.80 Å². The van der Waals surface area contributed by atoms with Crippen LogP contribution in [0.15, 0.2) is 78.9 Å². The number of hydrogen-bond acceptors (Lipinski definition) is 6. The van der Waals surface area contributed by atoms with Crippen LogP contribution in [0, 0.1) is 0 Å². The van der Waals surface area contributed by atoms with Crippen molar-refractivity contribution in [1.29, 1.82) is 0 Å². The van der Waals surface area contributed by atoms with E-state index in [-0.39, 0.29) is 23.3 Å². The topological polar surface area (TPSA) is 87.6 Å². The molecule has 3 aromatic carbocycles. The molecule has 8 nitrogen and oxygen atoms in total. The average Bonchev–Trinajstić information content (AvgIpc) is 3.68. The zero-order valence-electron chi connectivity index (χ0n) is 24.3. The fourth-order valence-electron chi connectivity index (χ4n) is 7.57. The van der Waals surface area contributed by atoms with Crippen molar-refractivity contribution in [2.24, 2.45) is 0 Å². The minimum Gasteiger partial charge on any atom is -0.392 e. The molecule has 0 unspecified atom stereocenters. The Balaban J connectivity index is 1.41. The first-order chi connectivity index (χ1) is 20.1. The third-order valence-corrected chi connectivity index (χ3v) is 9.33. The van der Waals surface area contributed by atoms with E-state index in [4.69, 9.17) is 0 Å². The SMILES string of the molecule is CC(C)(C)c1ccc([C@H]2N(c3ccccc3)C(=O)[C@@H]3C[C@@H](O)CN32)cc1[C@H]1N(c2ccccc2)C(=O)[C@@H]2C[C@@H](O)CN21. The molecule has 42 heavy (non-hydrogen) atoms. The number of rotatable bonds is 4. The summed E-state index contributed by atoms with van der Waals surface area (Å²) in [7, 11) is 0. The highest BCUT2D eigenvalue weighted by atomic mass is 16.3. The maximum atomic E-state index is 14.0. The number of carbonyl (C=O) groups excluding carboxylic acids is 2. The van der Waals surface area contributed by atoms with Gasteiger partial charge in [-0.05, 0) is 65.3 Å². The maximum Gasteiger partial charge on any atom is 0.246 e. The number of fused-ring (bicyclic) bond motifs is 2. The molecular weight excluding hydrogens is 528 g/mol. The lowest BCUT2D eigenvalue weighted by Crippen LogP contribution is -2.37. The molecule has 8 heteroatoms. The van der Waals surface area contributed by atoms with Crippen molar-refractivity contribution in [1.82, 2.24) is 9.80 Å². The smallest absolute Gasteiger partial charge is 0.246 e. The van der Waals surface area contributed by atoms with Crippen LogP contribution in [0.1, 0.15) is 62.6 Å². The van der Waals surface area contributed by atoms with E-state index in [0.29, 0.717) is 25.9 Å². The number of aliphatic hydroxyl groups is 2. The number of hydrogen-bond donors (Lipinski definition) is 2. The second-order valence-corrected chi connectivity index (χ2v) is 13.1. The van der Waals surface area contributed by atoms with E-state index < -0.39 is 30.6 Å². The van der Waals surface area contributed by atoms with Crippen LogP contribution in [-0.2, 0) is 15.0 Å². The molecule has 4 heterocycles. The van der Waals surface area contributed by atoms with Gasteiger partial charge < -0.3 is 10.2 Å². The van der Waals surface area contributed by atoms with E-state index in [1.165, 1.54) is 0 Å². The largest absolute Gasteiger partial charge is 0.392 e. The predicted octanol–water partition coefficient (Wildman–Crippen LogP) is 3.95. The van der Waals surface area contributed by atoms with Crippen molar-refractivity contribution in [2.45, 2.75) is 75.7 Å². The number of aliphatic hydroxyl groups excluding tert-OH is 2. The summed E-state index contributed by atoms with van der Waals surface area (Å²) in [5.74, 6) is -0.00780.